The van der Waals surface area contributed by atoms with Crippen LogP contribution < -0.4 is 5.32 Å². The maximum atomic E-state index is 12.4. The fraction of sp³-hybridized carbons (Fsp3) is 0.333. The van der Waals surface area contributed by atoms with Gasteiger partial charge in [0.15, 0.2) is 0 Å². The van der Waals surface area contributed by atoms with Gasteiger partial charge in [0.25, 0.3) is 11.8 Å². The van der Waals surface area contributed by atoms with Crippen LogP contribution in [0, 0.1) is 12.8 Å². The van der Waals surface area contributed by atoms with Crippen molar-refractivity contribution in [3.8, 4) is 0 Å². The van der Waals surface area contributed by atoms with E-state index in [9.17, 15) is 14.4 Å². The summed E-state index contributed by atoms with van der Waals surface area (Å²) in [6.07, 6.45) is 1.60. The normalized spacial score (nSPS) is 13.5. The van der Waals surface area contributed by atoms with Gasteiger partial charge in [-0.25, -0.2) is 4.68 Å². The Balaban J connectivity index is 1.71. The predicted molar refractivity (Wildman–Crippen MR) is 92.2 cm³/mol. The smallest absolute Gasteiger partial charge is 0.262 e. The molecule has 1 aromatic heterocycles. The third kappa shape index (κ3) is 3.31. The van der Waals surface area contributed by atoms with E-state index in [1.165, 1.54) is 0 Å². The summed E-state index contributed by atoms with van der Waals surface area (Å²) in [5.74, 6) is -0.390. The number of carbonyl (C=O) groups excluding carboxylic acids is 3. The van der Waals surface area contributed by atoms with Gasteiger partial charge < -0.3 is 5.32 Å². The van der Waals surface area contributed by atoms with E-state index in [1.54, 1.807) is 35.1 Å². The van der Waals surface area contributed by atoms with E-state index >= 15 is 0 Å². The van der Waals surface area contributed by atoms with E-state index in [0.29, 0.717) is 29.4 Å². The standard InChI is InChI=1S/C18H20N4O3/c1-11(2)9-22-15(6-7-19-22)20-16(23)10-21-17(24)13-5-4-12(3)8-14(13)18(21)25/h4-8,11H,9-10H2,1-3H3,(H,20,23). The molecule has 1 aromatic carbocycles. The van der Waals surface area contributed by atoms with Crippen LogP contribution >= 0.6 is 0 Å². The molecule has 0 atom stereocenters. The van der Waals surface area contributed by atoms with Crippen molar-refractivity contribution in [3.63, 3.8) is 0 Å². The number of aromatic nitrogens is 2. The molecule has 7 nitrogen and oxygen atoms in total. The number of amides is 3. The minimum Gasteiger partial charge on any atom is -0.309 e. The van der Waals surface area contributed by atoms with E-state index < -0.39 is 17.7 Å². The lowest BCUT2D eigenvalue weighted by Crippen LogP contribution is -2.37. The van der Waals surface area contributed by atoms with Crippen molar-refractivity contribution in [3.05, 3.63) is 47.2 Å². The fourth-order valence-electron chi connectivity index (χ4n) is 2.80. The van der Waals surface area contributed by atoms with Crippen LogP contribution in [-0.2, 0) is 11.3 Å². The first kappa shape index (κ1) is 16.9. The highest BCUT2D eigenvalue weighted by Gasteiger charge is 2.36. The van der Waals surface area contributed by atoms with Gasteiger partial charge in [0, 0.05) is 12.6 Å². The van der Waals surface area contributed by atoms with Crippen LogP contribution in [0.1, 0.15) is 40.1 Å². The minimum absolute atomic E-state index is 0.321. The lowest BCUT2D eigenvalue weighted by molar-refractivity contribution is -0.116. The fourth-order valence-corrected chi connectivity index (χ4v) is 2.80. The molecule has 1 aliphatic heterocycles. The predicted octanol–water partition coefficient (Wildman–Crippen LogP) is 2.08. The van der Waals surface area contributed by atoms with Crippen molar-refractivity contribution >= 4 is 23.5 Å². The SMILES string of the molecule is Cc1ccc2c(c1)C(=O)N(CC(=O)Nc1ccnn1CC(C)C)C2=O. The van der Waals surface area contributed by atoms with E-state index in [-0.39, 0.29) is 6.54 Å². The number of hydrogen-bond donors (Lipinski definition) is 1. The molecule has 130 valence electrons. The number of benzene rings is 1. The van der Waals surface area contributed by atoms with Gasteiger partial charge in [0.1, 0.15) is 12.4 Å². The Morgan fingerprint density at radius 3 is 2.60 bits per heavy atom. The summed E-state index contributed by atoms with van der Waals surface area (Å²) in [6, 6.07) is 6.76. The summed E-state index contributed by atoms with van der Waals surface area (Å²) in [5.41, 5.74) is 1.58. The Kier molecular flexibility index (Phi) is 4.39. The minimum atomic E-state index is -0.439. The van der Waals surface area contributed by atoms with Gasteiger partial charge >= 0.3 is 0 Å². The topological polar surface area (TPSA) is 84.3 Å². The second-order valence-corrected chi connectivity index (χ2v) is 6.59. The molecule has 0 radical (unpaired) electrons. The van der Waals surface area contributed by atoms with Crippen LogP contribution in [0.2, 0.25) is 0 Å². The van der Waals surface area contributed by atoms with Crippen LogP contribution in [0.4, 0.5) is 5.82 Å². The van der Waals surface area contributed by atoms with Gasteiger partial charge in [-0.3, -0.25) is 19.3 Å². The first-order valence-corrected chi connectivity index (χ1v) is 8.15. The summed E-state index contributed by atoms with van der Waals surface area (Å²) in [4.78, 5) is 38.1. The summed E-state index contributed by atoms with van der Waals surface area (Å²) in [6.45, 7) is 6.29. The van der Waals surface area contributed by atoms with E-state index in [2.05, 4.69) is 10.4 Å². The number of hydrogen-bond acceptors (Lipinski definition) is 4. The Hall–Kier alpha value is -2.96. The van der Waals surface area contributed by atoms with Crippen LogP contribution in [0.5, 0.6) is 0 Å². The highest BCUT2D eigenvalue weighted by molar-refractivity contribution is 6.22. The Morgan fingerprint density at radius 1 is 1.16 bits per heavy atom. The van der Waals surface area contributed by atoms with Gasteiger partial charge in [0.2, 0.25) is 5.91 Å². The number of fused-ring (bicyclic) bond motifs is 1. The van der Waals surface area contributed by atoms with Crippen molar-refractivity contribution in [2.75, 3.05) is 11.9 Å². The third-order valence-corrected chi connectivity index (χ3v) is 3.95. The zero-order valence-corrected chi connectivity index (χ0v) is 14.4. The number of anilines is 1. The number of rotatable bonds is 5. The lowest BCUT2D eigenvalue weighted by atomic mass is 10.1. The van der Waals surface area contributed by atoms with Crippen molar-refractivity contribution in [2.24, 2.45) is 5.92 Å². The molecule has 7 heteroatoms. The molecule has 2 aromatic rings. The molecule has 1 aliphatic rings. The van der Waals surface area contributed by atoms with Gasteiger partial charge in [0.05, 0.1) is 17.3 Å². The third-order valence-electron chi connectivity index (χ3n) is 3.95. The second-order valence-electron chi connectivity index (χ2n) is 6.59. The summed E-state index contributed by atoms with van der Waals surface area (Å²) >= 11 is 0. The number of aryl methyl sites for hydroxylation is 1. The molecule has 3 amide bonds. The molecule has 3 rings (SSSR count). The average molecular weight is 340 g/mol. The Labute approximate surface area is 145 Å². The lowest BCUT2D eigenvalue weighted by Gasteiger charge is -2.15. The average Bonchev–Trinajstić information content (AvgIpc) is 3.05. The summed E-state index contributed by atoms with van der Waals surface area (Å²) < 4.78 is 1.69. The van der Waals surface area contributed by atoms with Gasteiger partial charge in [-0.15, -0.1) is 0 Å². The quantitative estimate of drug-likeness (QED) is 0.845. The molecule has 0 saturated carbocycles. The van der Waals surface area contributed by atoms with E-state index in [1.807, 2.05) is 20.8 Å². The van der Waals surface area contributed by atoms with E-state index in [0.717, 1.165) is 10.5 Å². The number of nitrogens with one attached hydrogen (secondary N) is 1. The van der Waals surface area contributed by atoms with Gasteiger partial charge in [-0.05, 0) is 25.0 Å². The van der Waals surface area contributed by atoms with Gasteiger partial charge in [-0.2, -0.15) is 5.10 Å². The first-order valence-electron chi connectivity index (χ1n) is 8.15. The van der Waals surface area contributed by atoms with Crippen molar-refractivity contribution < 1.29 is 14.4 Å². The molecule has 1 N–H and O–H groups in total. The van der Waals surface area contributed by atoms with Crippen LogP contribution in [-0.4, -0.2) is 38.9 Å². The molecule has 0 aliphatic carbocycles. The maximum Gasteiger partial charge on any atom is 0.262 e. The zero-order chi connectivity index (χ0) is 18.1. The van der Waals surface area contributed by atoms with Crippen molar-refractivity contribution in [1.29, 1.82) is 0 Å². The molecule has 0 bridgehead atoms. The first-order chi connectivity index (χ1) is 11.9. The molecule has 0 spiro atoms. The van der Waals surface area contributed by atoms with Crippen molar-refractivity contribution in [1.82, 2.24) is 14.7 Å². The number of carbonyl (C=O) groups is 3. The number of nitrogens with zero attached hydrogens (tertiary/aromatic N) is 3. The largest absolute Gasteiger partial charge is 0.309 e. The highest BCUT2D eigenvalue weighted by Crippen LogP contribution is 2.23. The highest BCUT2D eigenvalue weighted by atomic mass is 16.2. The number of imide groups is 1. The van der Waals surface area contributed by atoms with Gasteiger partial charge in [-0.1, -0.05) is 25.5 Å². The van der Waals surface area contributed by atoms with Crippen molar-refractivity contribution in [2.45, 2.75) is 27.3 Å². The molecule has 0 saturated heterocycles. The monoisotopic (exact) mass is 340 g/mol. The Morgan fingerprint density at radius 2 is 1.88 bits per heavy atom. The molecule has 2 heterocycles. The molecule has 25 heavy (non-hydrogen) atoms. The van der Waals surface area contributed by atoms with Crippen LogP contribution in [0.25, 0.3) is 0 Å². The molecule has 0 fully saturated rings. The second kappa shape index (κ2) is 6.51. The summed E-state index contributed by atoms with van der Waals surface area (Å²) in [5, 5.41) is 6.89. The zero-order valence-electron chi connectivity index (χ0n) is 14.4. The Bertz CT molecular complexity index is 854. The van der Waals surface area contributed by atoms with E-state index in [4.69, 9.17) is 0 Å². The van der Waals surface area contributed by atoms with Crippen LogP contribution in [0.15, 0.2) is 30.5 Å². The van der Waals surface area contributed by atoms with Crippen LogP contribution in [0.3, 0.4) is 0 Å². The summed E-state index contributed by atoms with van der Waals surface area (Å²) in [7, 11) is 0. The molecular weight excluding hydrogens is 320 g/mol. The maximum absolute atomic E-state index is 12.4. The molecular formula is C18H20N4O3. The molecule has 0 unspecified atom stereocenters.